The molecule has 0 aromatic carbocycles. The first-order valence-electron chi connectivity index (χ1n) is 6.69. The number of carbonyl (C=O) groups excluding carboxylic acids is 1. The number of aliphatic carboxylic acids is 1. The Kier molecular flexibility index (Phi) is 4.79. The van der Waals surface area contributed by atoms with Crippen LogP contribution in [0.25, 0.3) is 0 Å². The molecule has 2 unspecified atom stereocenters. The molecule has 19 heavy (non-hydrogen) atoms. The fourth-order valence-corrected chi connectivity index (χ4v) is 2.41. The number of rotatable bonds is 3. The zero-order chi connectivity index (χ0) is 13.7. The van der Waals surface area contributed by atoms with Crippen molar-refractivity contribution in [2.24, 2.45) is 0 Å². The number of ether oxygens (including phenoxy) is 1. The summed E-state index contributed by atoms with van der Waals surface area (Å²) in [4.78, 5) is 24.4. The summed E-state index contributed by atoms with van der Waals surface area (Å²) in [5.41, 5.74) is 0. The summed E-state index contributed by atoms with van der Waals surface area (Å²) in [5.74, 6) is -0.898. The van der Waals surface area contributed by atoms with Gasteiger partial charge >= 0.3 is 12.0 Å². The predicted octanol–water partition coefficient (Wildman–Crippen LogP) is 0.980. The number of nitrogens with zero attached hydrogens (tertiary/aromatic N) is 1. The minimum Gasteiger partial charge on any atom is -0.481 e. The van der Waals surface area contributed by atoms with E-state index < -0.39 is 12.1 Å². The molecule has 1 aliphatic carbocycles. The number of carboxylic acid groups (broad SMARTS) is 1. The van der Waals surface area contributed by atoms with E-state index in [4.69, 9.17) is 9.84 Å². The zero-order valence-corrected chi connectivity index (χ0v) is 10.9. The molecule has 2 rings (SSSR count). The van der Waals surface area contributed by atoms with Crippen LogP contribution in [0.15, 0.2) is 12.2 Å². The normalized spacial score (nSPS) is 27.1. The highest BCUT2D eigenvalue weighted by Crippen LogP contribution is 2.13. The van der Waals surface area contributed by atoms with Gasteiger partial charge in [-0.05, 0) is 19.3 Å². The number of amides is 2. The summed E-state index contributed by atoms with van der Waals surface area (Å²) < 4.78 is 5.35. The second-order valence-corrected chi connectivity index (χ2v) is 4.97. The largest absolute Gasteiger partial charge is 0.481 e. The Bertz CT molecular complexity index is 370. The van der Waals surface area contributed by atoms with Gasteiger partial charge in [-0.1, -0.05) is 12.2 Å². The van der Waals surface area contributed by atoms with Crippen LogP contribution in [-0.4, -0.2) is 53.8 Å². The highest BCUT2D eigenvalue weighted by Gasteiger charge is 2.27. The van der Waals surface area contributed by atoms with Crippen LogP contribution in [0, 0.1) is 0 Å². The number of morpholine rings is 1. The number of nitrogens with one attached hydrogen (secondary N) is 1. The van der Waals surface area contributed by atoms with Crippen molar-refractivity contribution >= 4 is 12.0 Å². The van der Waals surface area contributed by atoms with Crippen molar-refractivity contribution in [3.63, 3.8) is 0 Å². The molecular formula is C13H20N2O4. The molecule has 0 aromatic heterocycles. The van der Waals surface area contributed by atoms with E-state index in [1.165, 1.54) is 0 Å². The lowest BCUT2D eigenvalue weighted by Gasteiger charge is -2.33. The lowest BCUT2D eigenvalue weighted by atomic mass is 10.0. The van der Waals surface area contributed by atoms with E-state index in [1.54, 1.807) is 4.90 Å². The average Bonchev–Trinajstić information content (AvgIpc) is 2.39. The maximum atomic E-state index is 12.1. The fourth-order valence-electron chi connectivity index (χ4n) is 2.41. The van der Waals surface area contributed by atoms with Gasteiger partial charge in [-0.25, -0.2) is 4.79 Å². The van der Waals surface area contributed by atoms with Crippen LogP contribution in [0.1, 0.15) is 25.7 Å². The molecule has 0 bridgehead atoms. The van der Waals surface area contributed by atoms with Gasteiger partial charge in [-0.3, -0.25) is 4.79 Å². The summed E-state index contributed by atoms with van der Waals surface area (Å²) in [7, 11) is 0. The lowest BCUT2D eigenvalue weighted by Crippen LogP contribution is -2.52. The Balaban J connectivity index is 1.81. The Morgan fingerprint density at radius 1 is 1.42 bits per heavy atom. The van der Waals surface area contributed by atoms with Crippen molar-refractivity contribution in [3.05, 3.63) is 12.2 Å². The van der Waals surface area contributed by atoms with Gasteiger partial charge in [0.25, 0.3) is 0 Å². The van der Waals surface area contributed by atoms with E-state index >= 15 is 0 Å². The quantitative estimate of drug-likeness (QED) is 0.748. The molecular weight excluding hydrogens is 248 g/mol. The third-order valence-electron chi connectivity index (χ3n) is 3.42. The van der Waals surface area contributed by atoms with Gasteiger partial charge in [0.1, 0.15) is 0 Å². The number of hydrogen-bond acceptors (Lipinski definition) is 3. The standard InChI is InChI=1S/C13H20N2O4/c16-12(17)8-11-9-15(6-7-19-11)13(18)14-10-4-2-1-3-5-10/h1-2,10-11H,3-9H2,(H,14,18)(H,16,17). The van der Waals surface area contributed by atoms with Gasteiger partial charge in [0.15, 0.2) is 0 Å². The van der Waals surface area contributed by atoms with Crippen molar-refractivity contribution in [2.45, 2.75) is 37.8 Å². The Labute approximate surface area is 112 Å². The number of carbonyl (C=O) groups is 2. The molecule has 2 atom stereocenters. The Morgan fingerprint density at radius 3 is 2.95 bits per heavy atom. The second kappa shape index (κ2) is 6.56. The molecule has 0 saturated carbocycles. The Morgan fingerprint density at radius 2 is 2.26 bits per heavy atom. The molecule has 1 saturated heterocycles. The maximum absolute atomic E-state index is 12.1. The highest BCUT2D eigenvalue weighted by molar-refractivity contribution is 5.75. The van der Waals surface area contributed by atoms with E-state index in [1.807, 2.05) is 0 Å². The second-order valence-electron chi connectivity index (χ2n) is 4.97. The molecule has 1 aliphatic heterocycles. The minimum absolute atomic E-state index is 0.0596. The monoisotopic (exact) mass is 268 g/mol. The number of carboxylic acids is 1. The van der Waals surface area contributed by atoms with Gasteiger partial charge in [-0.2, -0.15) is 0 Å². The third kappa shape index (κ3) is 4.24. The van der Waals surface area contributed by atoms with Crippen LogP contribution >= 0.6 is 0 Å². The predicted molar refractivity (Wildman–Crippen MR) is 68.9 cm³/mol. The summed E-state index contributed by atoms with van der Waals surface area (Å²) in [5, 5.41) is 11.7. The SMILES string of the molecule is O=C(O)CC1CN(C(=O)NC2CC=CCC2)CCO1. The van der Waals surface area contributed by atoms with Gasteiger partial charge < -0.3 is 20.1 Å². The molecule has 0 spiro atoms. The minimum atomic E-state index is -0.898. The zero-order valence-electron chi connectivity index (χ0n) is 10.9. The molecule has 106 valence electrons. The molecule has 2 amide bonds. The Hall–Kier alpha value is -1.56. The van der Waals surface area contributed by atoms with Crippen LogP contribution in [0.4, 0.5) is 4.79 Å². The van der Waals surface area contributed by atoms with E-state index in [2.05, 4.69) is 17.5 Å². The first-order chi connectivity index (χ1) is 9.15. The molecule has 2 N–H and O–H groups in total. The summed E-state index contributed by atoms with van der Waals surface area (Å²) in [6.45, 7) is 1.27. The van der Waals surface area contributed by atoms with Gasteiger partial charge in [0.05, 0.1) is 19.1 Å². The van der Waals surface area contributed by atoms with Crippen molar-refractivity contribution in [2.75, 3.05) is 19.7 Å². The molecule has 6 heteroatoms. The number of hydrogen-bond donors (Lipinski definition) is 2. The van der Waals surface area contributed by atoms with Crippen molar-refractivity contribution in [1.29, 1.82) is 0 Å². The maximum Gasteiger partial charge on any atom is 0.317 e. The lowest BCUT2D eigenvalue weighted by molar-refractivity contribution is -0.141. The van der Waals surface area contributed by atoms with Crippen molar-refractivity contribution in [1.82, 2.24) is 10.2 Å². The fraction of sp³-hybridized carbons (Fsp3) is 0.692. The topological polar surface area (TPSA) is 78.9 Å². The first kappa shape index (κ1) is 13.9. The van der Waals surface area contributed by atoms with Crippen molar-refractivity contribution < 1.29 is 19.4 Å². The molecule has 1 fully saturated rings. The van der Waals surface area contributed by atoms with Crippen molar-refractivity contribution in [3.8, 4) is 0 Å². The van der Waals surface area contributed by atoms with Gasteiger partial charge in [0.2, 0.25) is 0 Å². The molecule has 0 radical (unpaired) electrons. The molecule has 0 aromatic rings. The molecule has 6 nitrogen and oxygen atoms in total. The van der Waals surface area contributed by atoms with E-state index in [9.17, 15) is 9.59 Å². The van der Waals surface area contributed by atoms with Gasteiger partial charge in [-0.15, -0.1) is 0 Å². The highest BCUT2D eigenvalue weighted by atomic mass is 16.5. The summed E-state index contributed by atoms with van der Waals surface area (Å²) in [6.07, 6.45) is 6.58. The number of allylic oxidation sites excluding steroid dienone is 1. The van der Waals surface area contributed by atoms with E-state index in [-0.39, 0.29) is 18.5 Å². The van der Waals surface area contributed by atoms with E-state index in [0.717, 1.165) is 19.3 Å². The van der Waals surface area contributed by atoms with Gasteiger partial charge in [0, 0.05) is 19.1 Å². The van der Waals surface area contributed by atoms with Crippen LogP contribution in [0.5, 0.6) is 0 Å². The first-order valence-corrected chi connectivity index (χ1v) is 6.69. The van der Waals surface area contributed by atoms with E-state index in [0.29, 0.717) is 19.7 Å². The third-order valence-corrected chi connectivity index (χ3v) is 3.42. The van der Waals surface area contributed by atoms with Crippen LogP contribution in [-0.2, 0) is 9.53 Å². The molecule has 1 heterocycles. The number of urea groups is 1. The summed E-state index contributed by atoms with van der Waals surface area (Å²) in [6, 6.07) is 0.0808. The van der Waals surface area contributed by atoms with Crippen LogP contribution < -0.4 is 5.32 Å². The molecule has 2 aliphatic rings. The average molecular weight is 268 g/mol. The summed E-state index contributed by atoms with van der Waals surface area (Å²) >= 11 is 0. The smallest absolute Gasteiger partial charge is 0.317 e. The van der Waals surface area contributed by atoms with Crippen LogP contribution in [0.2, 0.25) is 0 Å². The van der Waals surface area contributed by atoms with Crippen LogP contribution in [0.3, 0.4) is 0 Å².